The first-order valence-corrected chi connectivity index (χ1v) is 5.55. The Morgan fingerprint density at radius 2 is 2.12 bits per heavy atom. The van der Waals surface area contributed by atoms with E-state index in [4.69, 9.17) is 15.2 Å². The summed E-state index contributed by atoms with van der Waals surface area (Å²) in [4.78, 5) is 2.30. The van der Waals surface area contributed by atoms with Crippen molar-refractivity contribution in [3.8, 4) is 5.75 Å². The molecule has 0 unspecified atom stereocenters. The number of methoxy groups -OCH3 is 1. The molecule has 2 rings (SSSR count). The highest BCUT2D eigenvalue weighted by molar-refractivity contribution is 5.57. The molecule has 1 fully saturated rings. The normalized spacial score (nSPS) is 16.2. The van der Waals surface area contributed by atoms with Gasteiger partial charge in [0.05, 0.1) is 20.3 Å². The summed E-state index contributed by atoms with van der Waals surface area (Å²) in [6.45, 7) is 3.94. The molecule has 4 nitrogen and oxygen atoms in total. The van der Waals surface area contributed by atoms with E-state index in [2.05, 4.69) is 4.90 Å². The van der Waals surface area contributed by atoms with Crippen molar-refractivity contribution in [3.63, 3.8) is 0 Å². The van der Waals surface area contributed by atoms with Crippen molar-refractivity contribution < 1.29 is 9.47 Å². The molecule has 0 aromatic heterocycles. The van der Waals surface area contributed by atoms with Gasteiger partial charge in [0.2, 0.25) is 0 Å². The molecule has 0 saturated carbocycles. The van der Waals surface area contributed by atoms with Gasteiger partial charge in [0.15, 0.2) is 0 Å². The fraction of sp³-hybridized carbons (Fsp3) is 0.500. The van der Waals surface area contributed by atoms with Crippen LogP contribution in [0.3, 0.4) is 0 Å². The van der Waals surface area contributed by atoms with Crippen molar-refractivity contribution in [2.75, 3.05) is 38.3 Å². The molecule has 0 bridgehead atoms. The zero-order chi connectivity index (χ0) is 11.4. The zero-order valence-electron chi connectivity index (χ0n) is 9.61. The van der Waals surface area contributed by atoms with Gasteiger partial charge in [0, 0.05) is 31.4 Å². The van der Waals surface area contributed by atoms with E-state index < -0.39 is 0 Å². The molecule has 0 radical (unpaired) electrons. The third kappa shape index (κ3) is 2.28. The minimum Gasteiger partial charge on any atom is -0.497 e. The topological polar surface area (TPSA) is 47.7 Å². The molecule has 1 aromatic carbocycles. The standard InChI is InChI=1S/C12H18N2O2/c1-15-11-3-2-10(9-13)12(8-11)14-4-6-16-7-5-14/h2-3,8H,4-7,9,13H2,1H3. The zero-order valence-corrected chi connectivity index (χ0v) is 9.61. The molecule has 0 amide bonds. The Hall–Kier alpha value is -1.26. The molecule has 1 aromatic rings. The fourth-order valence-electron chi connectivity index (χ4n) is 1.94. The number of anilines is 1. The van der Waals surface area contributed by atoms with Gasteiger partial charge in [-0.1, -0.05) is 6.07 Å². The number of hydrogen-bond acceptors (Lipinski definition) is 4. The third-order valence-electron chi connectivity index (χ3n) is 2.86. The molecular formula is C12H18N2O2. The highest BCUT2D eigenvalue weighted by atomic mass is 16.5. The monoisotopic (exact) mass is 222 g/mol. The van der Waals surface area contributed by atoms with Crippen molar-refractivity contribution in [2.45, 2.75) is 6.54 Å². The largest absolute Gasteiger partial charge is 0.497 e. The van der Waals surface area contributed by atoms with Gasteiger partial charge in [-0.2, -0.15) is 0 Å². The van der Waals surface area contributed by atoms with Gasteiger partial charge in [-0.05, 0) is 11.6 Å². The number of nitrogens with two attached hydrogens (primary N) is 1. The van der Waals surface area contributed by atoms with E-state index in [9.17, 15) is 0 Å². The highest BCUT2D eigenvalue weighted by Crippen LogP contribution is 2.26. The first-order valence-electron chi connectivity index (χ1n) is 5.55. The Morgan fingerprint density at radius 3 is 2.75 bits per heavy atom. The van der Waals surface area contributed by atoms with Crippen molar-refractivity contribution in [3.05, 3.63) is 23.8 Å². The highest BCUT2D eigenvalue weighted by Gasteiger charge is 2.14. The molecule has 1 saturated heterocycles. The van der Waals surface area contributed by atoms with Gasteiger partial charge in [0.1, 0.15) is 5.75 Å². The molecule has 1 aliphatic heterocycles. The van der Waals surface area contributed by atoms with E-state index in [0.717, 1.165) is 37.6 Å². The van der Waals surface area contributed by atoms with E-state index in [0.29, 0.717) is 6.54 Å². The third-order valence-corrected chi connectivity index (χ3v) is 2.86. The van der Waals surface area contributed by atoms with Crippen LogP contribution in [0.4, 0.5) is 5.69 Å². The summed E-state index contributed by atoms with van der Waals surface area (Å²) in [7, 11) is 1.68. The lowest BCUT2D eigenvalue weighted by Crippen LogP contribution is -2.37. The number of ether oxygens (including phenoxy) is 2. The quantitative estimate of drug-likeness (QED) is 0.828. The van der Waals surface area contributed by atoms with Crippen molar-refractivity contribution >= 4 is 5.69 Å². The summed E-state index contributed by atoms with van der Waals surface area (Å²) in [6.07, 6.45) is 0. The molecule has 88 valence electrons. The fourth-order valence-corrected chi connectivity index (χ4v) is 1.94. The van der Waals surface area contributed by atoms with Crippen LogP contribution >= 0.6 is 0 Å². The minimum atomic E-state index is 0.552. The van der Waals surface area contributed by atoms with Crippen molar-refractivity contribution in [1.29, 1.82) is 0 Å². The van der Waals surface area contributed by atoms with E-state index in [1.807, 2.05) is 18.2 Å². The summed E-state index contributed by atoms with van der Waals surface area (Å²) in [5.41, 5.74) is 8.08. The first kappa shape index (κ1) is 11.2. The summed E-state index contributed by atoms with van der Waals surface area (Å²) < 4.78 is 10.6. The van der Waals surface area contributed by atoms with Crippen LogP contribution in [-0.2, 0) is 11.3 Å². The Bertz CT molecular complexity index is 349. The molecule has 16 heavy (non-hydrogen) atoms. The number of morpholine rings is 1. The molecule has 2 N–H and O–H groups in total. The molecule has 0 aliphatic carbocycles. The van der Waals surface area contributed by atoms with Crippen LogP contribution in [0.25, 0.3) is 0 Å². The van der Waals surface area contributed by atoms with Crippen LogP contribution in [0.15, 0.2) is 18.2 Å². The molecular weight excluding hydrogens is 204 g/mol. The molecule has 0 spiro atoms. The number of rotatable bonds is 3. The lowest BCUT2D eigenvalue weighted by atomic mass is 10.1. The summed E-state index contributed by atoms with van der Waals surface area (Å²) >= 11 is 0. The first-order chi connectivity index (χ1) is 7.85. The van der Waals surface area contributed by atoms with Gasteiger partial charge in [0.25, 0.3) is 0 Å². The second-order valence-corrected chi connectivity index (χ2v) is 3.80. The van der Waals surface area contributed by atoms with E-state index in [1.54, 1.807) is 7.11 Å². The van der Waals surface area contributed by atoms with Gasteiger partial charge in [-0.15, -0.1) is 0 Å². The van der Waals surface area contributed by atoms with E-state index >= 15 is 0 Å². The van der Waals surface area contributed by atoms with Crippen LogP contribution in [0.1, 0.15) is 5.56 Å². The maximum absolute atomic E-state index is 5.75. The molecule has 4 heteroatoms. The SMILES string of the molecule is COc1ccc(CN)c(N2CCOCC2)c1. The Kier molecular flexibility index (Phi) is 3.64. The summed E-state index contributed by atoms with van der Waals surface area (Å²) in [6, 6.07) is 6.03. The van der Waals surface area contributed by atoms with Crippen molar-refractivity contribution in [2.24, 2.45) is 5.73 Å². The minimum absolute atomic E-state index is 0.552. The molecule has 1 heterocycles. The molecule has 0 atom stereocenters. The van der Waals surface area contributed by atoms with Crippen LogP contribution in [-0.4, -0.2) is 33.4 Å². The summed E-state index contributed by atoms with van der Waals surface area (Å²) in [5.74, 6) is 0.874. The van der Waals surface area contributed by atoms with Gasteiger partial charge in [-0.3, -0.25) is 0 Å². The maximum atomic E-state index is 5.75. The predicted octanol–water partition coefficient (Wildman–Crippen LogP) is 0.990. The number of hydrogen-bond donors (Lipinski definition) is 1. The average molecular weight is 222 g/mol. The van der Waals surface area contributed by atoms with Gasteiger partial charge >= 0.3 is 0 Å². The Morgan fingerprint density at radius 1 is 1.38 bits per heavy atom. The average Bonchev–Trinajstić information content (AvgIpc) is 2.39. The Labute approximate surface area is 95.9 Å². The Balaban J connectivity index is 2.27. The maximum Gasteiger partial charge on any atom is 0.120 e. The second kappa shape index (κ2) is 5.18. The van der Waals surface area contributed by atoms with Crippen LogP contribution in [0, 0.1) is 0 Å². The predicted molar refractivity (Wildman–Crippen MR) is 63.9 cm³/mol. The van der Waals surface area contributed by atoms with Crippen LogP contribution in [0.2, 0.25) is 0 Å². The number of benzene rings is 1. The van der Waals surface area contributed by atoms with Gasteiger partial charge < -0.3 is 20.1 Å². The lowest BCUT2D eigenvalue weighted by molar-refractivity contribution is 0.122. The lowest BCUT2D eigenvalue weighted by Gasteiger charge is -2.30. The van der Waals surface area contributed by atoms with Crippen LogP contribution < -0.4 is 15.4 Å². The second-order valence-electron chi connectivity index (χ2n) is 3.80. The summed E-state index contributed by atoms with van der Waals surface area (Å²) in [5, 5.41) is 0. The molecule has 1 aliphatic rings. The van der Waals surface area contributed by atoms with Crippen molar-refractivity contribution in [1.82, 2.24) is 0 Å². The van der Waals surface area contributed by atoms with Crippen LogP contribution in [0.5, 0.6) is 5.75 Å². The van der Waals surface area contributed by atoms with Gasteiger partial charge in [-0.25, -0.2) is 0 Å². The number of nitrogens with zero attached hydrogens (tertiary/aromatic N) is 1. The van der Waals surface area contributed by atoms with E-state index in [-0.39, 0.29) is 0 Å². The van der Waals surface area contributed by atoms with E-state index in [1.165, 1.54) is 5.69 Å². The smallest absolute Gasteiger partial charge is 0.120 e.